The lowest BCUT2D eigenvalue weighted by Gasteiger charge is -2.22. The number of hydrogen-bond acceptors (Lipinski definition) is 7. The summed E-state index contributed by atoms with van der Waals surface area (Å²) in [4.78, 5) is 28.5. The molecule has 0 unspecified atom stereocenters. The quantitative estimate of drug-likeness (QED) is 0.160. The number of para-hydroxylation sites is 1. The number of rotatable bonds is 10. The van der Waals surface area contributed by atoms with Crippen LogP contribution in [0.5, 0.6) is 0 Å². The zero-order chi connectivity index (χ0) is 27.3. The summed E-state index contributed by atoms with van der Waals surface area (Å²) in [6, 6.07) is 18.9. The molecular formula is C26H26N4O6S2. The van der Waals surface area contributed by atoms with Gasteiger partial charge in [0.25, 0.3) is 21.6 Å². The van der Waals surface area contributed by atoms with Gasteiger partial charge in [0.2, 0.25) is 0 Å². The highest BCUT2D eigenvalue weighted by atomic mass is 32.2. The molecule has 4 aromatic rings. The number of amides is 1. The average Bonchev–Trinajstić information content (AvgIpc) is 3.25. The molecule has 0 fully saturated rings. The summed E-state index contributed by atoms with van der Waals surface area (Å²) in [5.74, 6) is -0.560. The Kier molecular flexibility index (Phi) is 8.35. The third-order valence-corrected chi connectivity index (χ3v) is 8.72. The Morgan fingerprint density at radius 2 is 1.79 bits per heavy atom. The van der Waals surface area contributed by atoms with Crippen molar-refractivity contribution in [1.29, 1.82) is 0 Å². The minimum absolute atomic E-state index is 0.0537. The van der Waals surface area contributed by atoms with Gasteiger partial charge in [-0.25, -0.2) is 8.42 Å². The van der Waals surface area contributed by atoms with Crippen molar-refractivity contribution in [3.05, 3.63) is 93.3 Å². The summed E-state index contributed by atoms with van der Waals surface area (Å²) in [6.07, 6.45) is 0. The van der Waals surface area contributed by atoms with Crippen LogP contribution in [0.15, 0.2) is 82.7 Å². The SMILES string of the molecule is CCOCCn1c(=NC(=O)c2ccc(S(=O)(=O)N(CC)c3ccccc3)cc2)sc2cc([N+](=O)[O-])ccc21. The maximum atomic E-state index is 13.2. The Labute approximate surface area is 223 Å². The summed E-state index contributed by atoms with van der Waals surface area (Å²) >= 11 is 1.16. The number of anilines is 1. The number of carbonyl (C=O) groups is 1. The van der Waals surface area contributed by atoms with Crippen molar-refractivity contribution < 1.29 is 22.9 Å². The van der Waals surface area contributed by atoms with Gasteiger partial charge < -0.3 is 9.30 Å². The average molecular weight is 555 g/mol. The van der Waals surface area contributed by atoms with E-state index >= 15 is 0 Å². The van der Waals surface area contributed by atoms with Crippen LogP contribution in [0, 0.1) is 10.1 Å². The van der Waals surface area contributed by atoms with Crippen molar-refractivity contribution in [3.8, 4) is 0 Å². The number of non-ortho nitro benzene ring substituents is 1. The number of carbonyl (C=O) groups excluding carboxylic acids is 1. The minimum atomic E-state index is -3.83. The Bertz CT molecular complexity index is 1630. The first-order valence-corrected chi connectivity index (χ1v) is 14.1. The molecule has 1 aromatic heterocycles. The van der Waals surface area contributed by atoms with Gasteiger partial charge in [0.15, 0.2) is 4.80 Å². The third-order valence-electron chi connectivity index (χ3n) is 5.76. The lowest BCUT2D eigenvalue weighted by Crippen LogP contribution is -2.30. The van der Waals surface area contributed by atoms with Crippen LogP contribution in [0.4, 0.5) is 11.4 Å². The van der Waals surface area contributed by atoms with Gasteiger partial charge in [0.05, 0.1) is 32.3 Å². The normalized spacial score (nSPS) is 12.1. The number of nitro groups is 1. The van der Waals surface area contributed by atoms with Crippen LogP contribution in [-0.2, 0) is 21.3 Å². The maximum absolute atomic E-state index is 13.2. The monoisotopic (exact) mass is 554 g/mol. The van der Waals surface area contributed by atoms with Crippen LogP contribution in [0.25, 0.3) is 10.2 Å². The van der Waals surface area contributed by atoms with E-state index in [-0.39, 0.29) is 22.7 Å². The van der Waals surface area contributed by atoms with Crippen LogP contribution >= 0.6 is 11.3 Å². The molecule has 38 heavy (non-hydrogen) atoms. The first-order valence-electron chi connectivity index (χ1n) is 11.9. The lowest BCUT2D eigenvalue weighted by molar-refractivity contribution is -0.384. The predicted molar refractivity (Wildman–Crippen MR) is 146 cm³/mol. The maximum Gasteiger partial charge on any atom is 0.279 e. The summed E-state index contributed by atoms with van der Waals surface area (Å²) in [6.45, 7) is 5.17. The molecular weight excluding hydrogens is 528 g/mol. The number of fused-ring (bicyclic) bond motifs is 1. The molecule has 0 spiro atoms. The number of ether oxygens (including phenoxy) is 1. The Morgan fingerprint density at radius 3 is 2.42 bits per heavy atom. The first kappa shape index (κ1) is 27.2. The predicted octanol–water partition coefficient (Wildman–Crippen LogP) is 4.60. The van der Waals surface area contributed by atoms with Gasteiger partial charge in [-0.2, -0.15) is 4.99 Å². The molecule has 0 aliphatic rings. The van der Waals surface area contributed by atoms with Crippen LogP contribution in [-0.4, -0.2) is 43.6 Å². The van der Waals surface area contributed by atoms with Crippen molar-refractivity contribution in [3.63, 3.8) is 0 Å². The highest BCUT2D eigenvalue weighted by Crippen LogP contribution is 2.25. The number of hydrogen-bond donors (Lipinski definition) is 0. The molecule has 0 saturated carbocycles. The largest absolute Gasteiger partial charge is 0.380 e. The zero-order valence-corrected chi connectivity index (χ0v) is 22.4. The lowest BCUT2D eigenvalue weighted by atomic mass is 10.2. The van der Waals surface area contributed by atoms with Crippen LogP contribution in [0.3, 0.4) is 0 Å². The van der Waals surface area contributed by atoms with Gasteiger partial charge in [-0.05, 0) is 56.3 Å². The van der Waals surface area contributed by atoms with E-state index in [0.29, 0.717) is 40.5 Å². The van der Waals surface area contributed by atoms with Gasteiger partial charge in [0.1, 0.15) is 0 Å². The van der Waals surface area contributed by atoms with Crippen LogP contribution < -0.4 is 9.11 Å². The molecule has 0 saturated heterocycles. The van der Waals surface area contributed by atoms with E-state index in [4.69, 9.17) is 4.74 Å². The number of nitrogens with zero attached hydrogens (tertiary/aromatic N) is 4. The molecule has 0 aliphatic heterocycles. The number of aromatic nitrogens is 1. The highest BCUT2D eigenvalue weighted by molar-refractivity contribution is 7.92. The van der Waals surface area contributed by atoms with Crippen molar-refractivity contribution in [1.82, 2.24) is 4.57 Å². The molecule has 198 valence electrons. The van der Waals surface area contributed by atoms with E-state index in [1.807, 2.05) is 13.0 Å². The number of sulfonamides is 1. The Hall–Kier alpha value is -3.87. The second-order valence-electron chi connectivity index (χ2n) is 8.09. The van der Waals surface area contributed by atoms with Crippen molar-refractivity contribution in [2.45, 2.75) is 25.3 Å². The third kappa shape index (κ3) is 5.67. The summed E-state index contributed by atoms with van der Waals surface area (Å²) in [5.41, 5.74) is 1.41. The molecule has 4 rings (SSSR count). The van der Waals surface area contributed by atoms with Crippen molar-refractivity contribution in [2.24, 2.45) is 4.99 Å². The standard InChI is InChI=1S/C26H26N4O6S2/c1-3-29(20-8-6-5-7-9-20)38(34,35)22-13-10-19(11-14-22)25(31)27-26-28(16-17-36-4-2)23-15-12-21(30(32)33)18-24(23)37-26/h5-15,18H,3-4,16-17H2,1-2H3. The van der Waals surface area contributed by atoms with Gasteiger partial charge in [-0.1, -0.05) is 29.5 Å². The first-order chi connectivity index (χ1) is 18.3. The summed E-state index contributed by atoms with van der Waals surface area (Å²) in [5, 5.41) is 11.2. The molecule has 0 aliphatic carbocycles. The fourth-order valence-corrected chi connectivity index (χ4v) is 6.47. The van der Waals surface area contributed by atoms with E-state index in [1.165, 1.54) is 40.7 Å². The number of thiazole rings is 1. The second kappa shape index (κ2) is 11.7. The van der Waals surface area contributed by atoms with Gasteiger partial charge >= 0.3 is 0 Å². The molecule has 10 nitrogen and oxygen atoms in total. The van der Waals surface area contributed by atoms with E-state index in [9.17, 15) is 23.3 Å². The van der Waals surface area contributed by atoms with E-state index in [2.05, 4.69) is 4.99 Å². The molecule has 1 amide bonds. The molecule has 0 N–H and O–H groups in total. The van der Waals surface area contributed by atoms with Gasteiger partial charge in [0, 0.05) is 37.4 Å². The zero-order valence-electron chi connectivity index (χ0n) is 20.8. The van der Waals surface area contributed by atoms with E-state index in [1.54, 1.807) is 41.8 Å². The number of nitro benzene ring substituents is 1. The molecule has 3 aromatic carbocycles. The molecule has 0 atom stereocenters. The molecule has 12 heteroatoms. The Morgan fingerprint density at radius 1 is 1.08 bits per heavy atom. The number of benzene rings is 3. The topological polar surface area (TPSA) is 124 Å². The fourth-order valence-electron chi connectivity index (χ4n) is 3.91. The Balaban J connectivity index is 1.67. The fraction of sp³-hybridized carbons (Fsp3) is 0.231. The highest BCUT2D eigenvalue weighted by Gasteiger charge is 2.24. The van der Waals surface area contributed by atoms with Crippen molar-refractivity contribution in [2.75, 3.05) is 24.1 Å². The summed E-state index contributed by atoms with van der Waals surface area (Å²) < 4.78 is 35.6. The second-order valence-corrected chi connectivity index (χ2v) is 11.0. The van der Waals surface area contributed by atoms with Crippen molar-refractivity contribution >= 4 is 48.9 Å². The smallest absolute Gasteiger partial charge is 0.279 e. The molecule has 0 bridgehead atoms. The molecule has 0 radical (unpaired) electrons. The van der Waals surface area contributed by atoms with E-state index < -0.39 is 20.9 Å². The van der Waals surface area contributed by atoms with Crippen LogP contribution in [0.1, 0.15) is 24.2 Å². The minimum Gasteiger partial charge on any atom is -0.380 e. The summed E-state index contributed by atoms with van der Waals surface area (Å²) in [7, 11) is -3.83. The van der Waals surface area contributed by atoms with Crippen LogP contribution in [0.2, 0.25) is 0 Å². The van der Waals surface area contributed by atoms with Gasteiger partial charge in [-0.3, -0.25) is 19.2 Å². The molecule has 1 heterocycles. The van der Waals surface area contributed by atoms with Gasteiger partial charge in [-0.15, -0.1) is 0 Å². The van der Waals surface area contributed by atoms with E-state index in [0.717, 1.165) is 11.3 Å².